The number of fused-ring (bicyclic) bond motifs is 1. The second kappa shape index (κ2) is 18.4. The van der Waals surface area contributed by atoms with E-state index < -0.39 is 0 Å². The number of nitrogens with zero attached hydrogens (tertiary/aromatic N) is 5. The number of benzene rings is 1. The molecular formula is C30H50N6O3. The van der Waals surface area contributed by atoms with Gasteiger partial charge in [0.2, 0.25) is 0 Å². The van der Waals surface area contributed by atoms with Crippen molar-refractivity contribution in [3.63, 3.8) is 0 Å². The number of hydrogen-bond donors (Lipinski definition) is 1. The van der Waals surface area contributed by atoms with Gasteiger partial charge in [0, 0.05) is 44.4 Å². The van der Waals surface area contributed by atoms with E-state index in [0.29, 0.717) is 18.4 Å². The number of methoxy groups -OCH3 is 1. The summed E-state index contributed by atoms with van der Waals surface area (Å²) in [7, 11) is 1.69. The summed E-state index contributed by atoms with van der Waals surface area (Å²) in [5.74, 6) is 2.34. The first kappa shape index (κ1) is 32.3. The van der Waals surface area contributed by atoms with Crippen LogP contribution in [0.4, 0.5) is 11.6 Å². The molecule has 2 aromatic rings. The van der Waals surface area contributed by atoms with E-state index in [-0.39, 0.29) is 0 Å². The van der Waals surface area contributed by atoms with Crippen LogP contribution in [0, 0.1) is 0 Å². The van der Waals surface area contributed by atoms with Crippen LogP contribution in [-0.4, -0.2) is 80.2 Å². The molecule has 9 heteroatoms. The first-order valence-electron chi connectivity index (χ1n) is 14.8. The Bertz CT molecular complexity index is 989. The van der Waals surface area contributed by atoms with Crippen LogP contribution in [-0.2, 0) is 11.2 Å². The fraction of sp³-hybridized carbons (Fsp3) is 0.633. The van der Waals surface area contributed by atoms with Crippen LogP contribution in [0.3, 0.4) is 0 Å². The highest BCUT2D eigenvalue weighted by Gasteiger charge is 2.19. The number of anilines is 2. The van der Waals surface area contributed by atoms with Crippen LogP contribution in [0.1, 0.15) is 71.9 Å². The lowest BCUT2D eigenvalue weighted by atomic mass is 10.1. The van der Waals surface area contributed by atoms with E-state index in [9.17, 15) is 0 Å². The van der Waals surface area contributed by atoms with Gasteiger partial charge in [0.25, 0.3) is 0 Å². The Morgan fingerprint density at radius 1 is 1.00 bits per heavy atom. The predicted molar refractivity (Wildman–Crippen MR) is 162 cm³/mol. The molecule has 2 aliphatic rings. The SMILES string of the molecule is CC.CC.CCCN(CCC)c1cc(N/N=C2\CCc3ccc(OC)cc32)nc(OCCN2CCOCC2)n1. The zero-order valence-electron chi connectivity index (χ0n) is 25.3. The number of morpholine rings is 1. The Balaban J connectivity index is 0.00000127. The standard InChI is InChI=1S/C26H38N6O3.2C2H6/c1-4-10-32(11-5-2)25-19-24(27-26(28-25)35-17-14-31-12-15-34-16-13-31)30-29-23-9-7-20-6-8-21(33-3)18-22(20)23;2*1-2/h6,8,18-19H,4-5,7,9-17H2,1-3H3,(H,27,28,30);2*1-2H3/b29-23+;;. The Hall–Kier alpha value is -2.91. The molecular weight excluding hydrogens is 492 g/mol. The minimum absolute atomic E-state index is 0.379. The fourth-order valence-corrected chi connectivity index (χ4v) is 4.47. The Kier molecular flexibility index (Phi) is 15.2. The monoisotopic (exact) mass is 542 g/mol. The summed E-state index contributed by atoms with van der Waals surface area (Å²) < 4.78 is 16.9. The first-order chi connectivity index (χ1) is 19.2. The van der Waals surface area contributed by atoms with Crippen LogP contribution in [0.5, 0.6) is 11.8 Å². The summed E-state index contributed by atoms with van der Waals surface area (Å²) in [6.45, 7) is 19.0. The summed E-state index contributed by atoms with van der Waals surface area (Å²) in [6.07, 6.45) is 3.95. The summed E-state index contributed by atoms with van der Waals surface area (Å²) in [5.41, 5.74) is 6.62. The van der Waals surface area contributed by atoms with E-state index in [1.165, 1.54) is 5.56 Å². The summed E-state index contributed by atoms with van der Waals surface area (Å²) >= 11 is 0. The second-order valence-electron chi connectivity index (χ2n) is 8.88. The van der Waals surface area contributed by atoms with E-state index in [2.05, 4.69) is 46.2 Å². The number of ether oxygens (including phenoxy) is 3. The van der Waals surface area contributed by atoms with Gasteiger partial charge in [0.1, 0.15) is 18.2 Å². The predicted octanol–water partition coefficient (Wildman–Crippen LogP) is 5.64. The fourth-order valence-electron chi connectivity index (χ4n) is 4.47. The molecule has 0 amide bonds. The van der Waals surface area contributed by atoms with E-state index in [4.69, 9.17) is 24.3 Å². The number of hydrazone groups is 1. The highest BCUT2D eigenvalue weighted by atomic mass is 16.5. The minimum Gasteiger partial charge on any atom is -0.497 e. The molecule has 218 valence electrons. The normalized spacial score (nSPS) is 15.4. The lowest BCUT2D eigenvalue weighted by Crippen LogP contribution is -2.38. The molecule has 0 saturated carbocycles. The lowest BCUT2D eigenvalue weighted by molar-refractivity contribution is 0.0317. The largest absolute Gasteiger partial charge is 0.497 e. The van der Waals surface area contributed by atoms with Gasteiger partial charge in [-0.1, -0.05) is 47.6 Å². The molecule has 1 fully saturated rings. The maximum absolute atomic E-state index is 6.02. The molecule has 9 nitrogen and oxygen atoms in total. The van der Waals surface area contributed by atoms with Crippen molar-refractivity contribution in [2.45, 2.75) is 67.2 Å². The van der Waals surface area contributed by atoms with Gasteiger partial charge in [-0.25, -0.2) is 0 Å². The van der Waals surface area contributed by atoms with Gasteiger partial charge in [-0.2, -0.15) is 15.1 Å². The average molecular weight is 543 g/mol. The van der Waals surface area contributed by atoms with Crippen LogP contribution in [0.2, 0.25) is 0 Å². The summed E-state index contributed by atoms with van der Waals surface area (Å²) in [5, 5.41) is 4.72. The number of aromatic nitrogens is 2. The highest BCUT2D eigenvalue weighted by molar-refractivity contribution is 6.05. The van der Waals surface area contributed by atoms with Crippen LogP contribution in [0.15, 0.2) is 29.4 Å². The van der Waals surface area contributed by atoms with Gasteiger partial charge in [-0.15, -0.1) is 0 Å². The van der Waals surface area contributed by atoms with Crippen LogP contribution in [0.25, 0.3) is 0 Å². The van der Waals surface area contributed by atoms with E-state index in [1.54, 1.807) is 7.11 Å². The Labute approximate surface area is 236 Å². The molecule has 1 aromatic heterocycles. The molecule has 1 aromatic carbocycles. The molecule has 0 unspecified atom stereocenters. The zero-order chi connectivity index (χ0) is 28.5. The summed E-state index contributed by atoms with van der Waals surface area (Å²) in [6, 6.07) is 8.52. The molecule has 1 N–H and O–H groups in total. The van der Waals surface area contributed by atoms with Gasteiger partial charge in [-0.05, 0) is 43.4 Å². The van der Waals surface area contributed by atoms with Gasteiger partial charge in [-0.3, -0.25) is 10.3 Å². The molecule has 0 spiro atoms. The van der Waals surface area contributed by atoms with Crippen molar-refractivity contribution >= 4 is 17.3 Å². The average Bonchev–Trinajstić information content (AvgIpc) is 3.40. The van der Waals surface area contributed by atoms with Crippen molar-refractivity contribution in [3.05, 3.63) is 35.4 Å². The highest BCUT2D eigenvalue weighted by Crippen LogP contribution is 2.27. The lowest BCUT2D eigenvalue weighted by Gasteiger charge is -2.26. The van der Waals surface area contributed by atoms with Gasteiger partial charge < -0.3 is 19.1 Å². The van der Waals surface area contributed by atoms with Crippen molar-refractivity contribution in [2.75, 3.05) is 70.0 Å². The second-order valence-corrected chi connectivity index (χ2v) is 8.88. The quantitative estimate of drug-likeness (QED) is 0.345. The third-order valence-electron chi connectivity index (χ3n) is 6.31. The topological polar surface area (TPSA) is 84.3 Å². The van der Waals surface area contributed by atoms with Gasteiger partial charge in [0.05, 0.1) is 26.0 Å². The van der Waals surface area contributed by atoms with Crippen molar-refractivity contribution in [1.82, 2.24) is 14.9 Å². The van der Waals surface area contributed by atoms with Gasteiger partial charge in [0.15, 0.2) is 5.82 Å². The van der Waals surface area contributed by atoms with Crippen molar-refractivity contribution < 1.29 is 14.2 Å². The van der Waals surface area contributed by atoms with Crippen LogP contribution < -0.4 is 19.8 Å². The smallest absolute Gasteiger partial charge is 0.320 e. The van der Waals surface area contributed by atoms with Crippen molar-refractivity contribution in [1.29, 1.82) is 0 Å². The molecule has 1 aliphatic heterocycles. The van der Waals surface area contributed by atoms with E-state index >= 15 is 0 Å². The van der Waals surface area contributed by atoms with E-state index in [1.807, 2.05) is 39.8 Å². The molecule has 2 heterocycles. The number of aryl methyl sites for hydroxylation is 1. The minimum atomic E-state index is 0.379. The third-order valence-corrected chi connectivity index (χ3v) is 6.31. The molecule has 0 atom stereocenters. The first-order valence-corrected chi connectivity index (χ1v) is 14.8. The van der Waals surface area contributed by atoms with Crippen molar-refractivity contribution in [2.24, 2.45) is 5.10 Å². The maximum Gasteiger partial charge on any atom is 0.320 e. The molecule has 1 saturated heterocycles. The molecule has 39 heavy (non-hydrogen) atoms. The molecule has 0 radical (unpaired) electrons. The Morgan fingerprint density at radius 3 is 2.38 bits per heavy atom. The number of rotatable bonds is 12. The van der Waals surface area contributed by atoms with Crippen molar-refractivity contribution in [3.8, 4) is 11.8 Å². The number of nitrogens with one attached hydrogen (secondary N) is 1. The zero-order valence-corrected chi connectivity index (χ0v) is 25.3. The van der Waals surface area contributed by atoms with E-state index in [0.717, 1.165) is 94.5 Å². The summed E-state index contributed by atoms with van der Waals surface area (Å²) in [4.78, 5) is 14.0. The number of hydrogen-bond acceptors (Lipinski definition) is 9. The third kappa shape index (κ3) is 9.97. The molecule has 0 bridgehead atoms. The van der Waals surface area contributed by atoms with Gasteiger partial charge >= 0.3 is 6.01 Å². The van der Waals surface area contributed by atoms with Crippen LogP contribution >= 0.6 is 0 Å². The molecule has 4 rings (SSSR count). The maximum atomic E-state index is 6.02. The Morgan fingerprint density at radius 2 is 1.72 bits per heavy atom. The molecule has 1 aliphatic carbocycles.